The maximum absolute atomic E-state index is 14.0. The molecule has 13 heteroatoms. The van der Waals surface area contributed by atoms with Crippen molar-refractivity contribution in [1.82, 2.24) is 20.2 Å². The van der Waals surface area contributed by atoms with Crippen LogP contribution in [0.2, 0.25) is 0 Å². The highest BCUT2D eigenvalue weighted by molar-refractivity contribution is 5.61. The number of anilines is 1. The summed E-state index contributed by atoms with van der Waals surface area (Å²) in [5, 5.41) is 36.1. The normalized spacial score (nSPS) is 21.2. The maximum atomic E-state index is 14.0. The van der Waals surface area contributed by atoms with E-state index in [9.17, 15) is 19.6 Å². The molecule has 0 saturated heterocycles. The van der Waals surface area contributed by atoms with Crippen molar-refractivity contribution in [3.8, 4) is 5.75 Å². The Morgan fingerprint density at radius 1 is 1.33 bits per heavy atom. The van der Waals surface area contributed by atoms with E-state index in [2.05, 4.69) is 15.4 Å². The van der Waals surface area contributed by atoms with Gasteiger partial charge >= 0.3 is 0 Å². The van der Waals surface area contributed by atoms with Gasteiger partial charge in [-0.3, -0.25) is 10.1 Å². The number of fused-ring (bicyclic) bond motifs is 1. The zero-order chi connectivity index (χ0) is 26.2. The molecule has 1 aliphatic heterocycles. The van der Waals surface area contributed by atoms with E-state index in [4.69, 9.17) is 14.2 Å². The molecule has 0 spiro atoms. The summed E-state index contributed by atoms with van der Waals surface area (Å²) in [4.78, 5) is 14.5. The van der Waals surface area contributed by atoms with Crippen LogP contribution in [0.5, 0.6) is 5.75 Å². The van der Waals surface area contributed by atoms with E-state index in [0.717, 1.165) is 0 Å². The van der Waals surface area contributed by atoms with Crippen molar-refractivity contribution in [1.29, 1.82) is 0 Å². The van der Waals surface area contributed by atoms with Crippen molar-refractivity contribution in [3.63, 3.8) is 0 Å². The summed E-state index contributed by atoms with van der Waals surface area (Å²) in [5.41, 5.74) is -0.548. The minimum Gasteiger partial charge on any atom is -0.479 e. The van der Waals surface area contributed by atoms with Crippen molar-refractivity contribution in [2.24, 2.45) is 7.05 Å². The van der Waals surface area contributed by atoms with Crippen LogP contribution in [0.3, 0.4) is 0 Å². The lowest BCUT2D eigenvalue weighted by molar-refractivity contribution is -0.386. The van der Waals surface area contributed by atoms with Crippen LogP contribution in [0.4, 0.5) is 15.8 Å². The Balaban J connectivity index is 1.99. The second kappa shape index (κ2) is 9.76. The van der Waals surface area contributed by atoms with Crippen LogP contribution in [-0.4, -0.2) is 62.5 Å². The van der Waals surface area contributed by atoms with E-state index in [1.807, 2.05) is 0 Å². The Labute approximate surface area is 206 Å². The third-order valence-electron chi connectivity index (χ3n) is 6.31. The summed E-state index contributed by atoms with van der Waals surface area (Å²) in [6, 6.07) is 7.50. The number of tetrazole rings is 1. The molecule has 0 fully saturated rings. The number of aliphatic hydroxyl groups is 1. The van der Waals surface area contributed by atoms with E-state index in [1.165, 1.54) is 43.3 Å². The predicted molar refractivity (Wildman–Crippen MR) is 125 cm³/mol. The second-order valence-corrected chi connectivity index (χ2v) is 8.68. The Morgan fingerprint density at radius 3 is 2.64 bits per heavy atom. The number of aliphatic hydroxyl groups excluding tert-OH is 1. The second-order valence-electron chi connectivity index (χ2n) is 8.68. The maximum Gasteiger partial charge on any atom is 0.278 e. The number of nitro groups is 1. The van der Waals surface area contributed by atoms with Gasteiger partial charge in [0.05, 0.1) is 30.1 Å². The molecule has 12 nitrogen and oxygen atoms in total. The van der Waals surface area contributed by atoms with Crippen LogP contribution in [-0.2, 0) is 23.1 Å². The molecule has 192 valence electrons. The van der Waals surface area contributed by atoms with Crippen LogP contribution in [0.15, 0.2) is 36.4 Å². The fourth-order valence-corrected chi connectivity index (χ4v) is 4.74. The molecular weight excluding hydrogens is 475 g/mol. The molecule has 1 aliphatic rings. The molecule has 0 amide bonds. The summed E-state index contributed by atoms with van der Waals surface area (Å²) >= 11 is 0. The first-order valence-electron chi connectivity index (χ1n) is 11.1. The average molecular weight is 503 g/mol. The van der Waals surface area contributed by atoms with Gasteiger partial charge in [-0.25, -0.2) is 4.39 Å². The molecule has 1 N–H and O–H groups in total. The molecule has 3 unspecified atom stereocenters. The molecule has 4 rings (SSSR count). The summed E-state index contributed by atoms with van der Waals surface area (Å²) < 4.78 is 31.1. The Hall–Kier alpha value is -3.68. The highest BCUT2D eigenvalue weighted by Crippen LogP contribution is 2.50. The molecule has 36 heavy (non-hydrogen) atoms. The highest BCUT2D eigenvalue weighted by Gasteiger charge is 2.55. The van der Waals surface area contributed by atoms with Crippen LogP contribution >= 0.6 is 0 Å². The van der Waals surface area contributed by atoms with Gasteiger partial charge in [-0.1, -0.05) is 6.07 Å². The number of aromatic nitrogens is 4. The number of rotatable bonds is 8. The molecule has 1 aromatic heterocycles. The SMILES string of the molecule is COC(OC)C1(C)Oc2cccc([N+](=O)[O-])c2C(N(Cc2nnn(C)n2)c2ccc(F)cc2C)C1O. The van der Waals surface area contributed by atoms with Crippen LogP contribution in [0.25, 0.3) is 0 Å². The number of hydrogen-bond donors (Lipinski definition) is 1. The van der Waals surface area contributed by atoms with Gasteiger partial charge in [-0.2, -0.15) is 4.80 Å². The lowest BCUT2D eigenvalue weighted by Gasteiger charge is -2.49. The number of benzene rings is 2. The van der Waals surface area contributed by atoms with Gasteiger partial charge in [0.25, 0.3) is 5.69 Å². The Bertz CT molecular complexity index is 1270. The monoisotopic (exact) mass is 502 g/mol. The third-order valence-corrected chi connectivity index (χ3v) is 6.31. The van der Waals surface area contributed by atoms with E-state index in [-0.39, 0.29) is 29.4 Å². The molecule has 2 aromatic carbocycles. The Morgan fingerprint density at radius 2 is 2.06 bits per heavy atom. The minimum atomic E-state index is -1.49. The third kappa shape index (κ3) is 4.36. The van der Waals surface area contributed by atoms with E-state index in [1.54, 1.807) is 37.9 Å². The van der Waals surface area contributed by atoms with Crippen molar-refractivity contribution in [2.75, 3.05) is 19.1 Å². The van der Waals surface area contributed by atoms with Crippen molar-refractivity contribution in [2.45, 2.75) is 44.4 Å². The molecule has 3 aromatic rings. The quantitative estimate of drug-likeness (QED) is 0.278. The zero-order valence-electron chi connectivity index (χ0n) is 20.5. The molecular formula is C23H27FN6O6. The number of halogens is 1. The fourth-order valence-electron chi connectivity index (χ4n) is 4.74. The highest BCUT2D eigenvalue weighted by atomic mass is 19.1. The first-order valence-corrected chi connectivity index (χ1v) is 11.1. The first-order chi connectivity index (χ1) is 17.1. The topological polar surface area (TPSA) is 138 Å². The number of methoxy groups -OCH3 is 2. The van der Waals surface area contributed by atoms with Crippen molar-refractivity contribution in [3.05, 3.63) is 69.3 Å². The predicted octanol–water partition coefficient (Wildman–Crippen LogP) is 2.44. The standard InChI is InChI=1S/C23H27FN6O6/c1-13-11-14(24)9-10-15(13)29(12-18-25-27-28(3)26-18)20-19-16(30(32)33)7-6-8-17(19)36-23(2,21(20)31)22(34-4)35-5/h6-11,20-22,31H,12H2,1-5H3. The van der Waals surface area contributed by atoms with Gasteiger partial charge in [-0.15, -0.1) is 10.2 Å². The number of nitrogens with zero attached hydrogens (tertiary/aromatic N) is 6. The fraction of sp³-hybridized carbons (Fsp3) is 0.435. The number of ether oxygens (including phenoxy) is 3. The first kappa shape index (κ1) is 25.4. The molecule has 0 bridgehead atoms. The summed E-state index contributed by atoms with van der Waals surface area (Å²) in [6.07, 6.45) is -2.45. The summed E-state index contributed by atoms with van der Waals surface area (Å²) in [6.45, 7) is 3.29. The zero-order valence-corrected chi connectivity index (χ0v) is 20.5. The molecule has 0 saturated carbocycles. The van der Waals surface area contributed by atoms with Gasteiger partial charge in [0.15, 0.2) is 17.7 Å². The molecule has 2 heterocycles. The Kier molecular flexibility index (Phi) is 6.89. The van der Waals surface area contributed by atoms with Gasteiger partial charge in [0.1, 0.15) is 17.7 Å². The number of hydrogen-bond acceptors (Lipinski definition) is 10. The molecule has 0 aliphatic carbocycles. The number of nitro benzene ring substituents is 1. The lowest BCUT2D eigenvalue weighted by atomic mass is 9.82. The van der Waals surface area contributed by atoms with Crippen molar-refractivity contribution >= 4 is 11.4 Å². The lowest BCUT2D eigenvalue weighted by Crippen LogP contribution is -2.62. The molecule has 3 atom stereocenters. The average Bonchev–Trinajstić information content (AvgIpc) is 3.24. The smallest absolute Gasteiger partial charge is 0.278 e. The molecule has 0 radical (unpaired) electrons. The van der Waals surface area contributed by atoms with Crippen LogP contribution < -0.4 is 9.64 Å². The summed E-state index contributed by atoms with van der Waals surface area (Å²) in [5.74, 6) is 0.0196. The van der Waals surface area contributed by atoms with E-state index < -0.39 is 34.8 Å². The van der Waals surface area contributed by atoms with Gasteiger partial charge in [0, 0.05) is 26.0 Å². The minimum absolute atomic E-state index is 0.00572. The van der Waals surface area contributed by atoms with Gasteiger partial charge in [0.2, 0.25) is 0 Å². The van der Waals surface area contributed by atoms with Crippen LogP contribution in [0.1, 0.15) is 29.9 Å². The summed E-state index contributed by atoms with van der Waals surface area (Å²) in [7, 11) is 4.41. The van der Waals surface area contributed by atoms with Crippen LogP contribution in [0, 0.1) is 22.9 Å². The van der Waals surface area contributed by atoms with Gasteiger partial charge < -0.3 is 24.2 Å². The largest absolute Gasteiger partial charge is 0.479 e. The number of aryl methyl sites for hydroxylation is 2. The van der Waals surface area contributed by atoms with E-state index in [0.29, 0.717) is 11.3 Å². The van der Waals surface area contributed by atoms with Crippen molar-refractivity contribution < 1.29 is 28.6 Å². The van der Waals surface area contributed by atoms with E-state index >= 15 is 0 Å². The van der Waals surface area contributed by atoms with Gasteiger partial charge in [-0.05, 0) is 48.9 Å².